The number of methoxy groups -OCH3 is 2. The molecule has 0 fully saturated rings. The van der Waals surface area contributed by atoms with Crippen LogP contribution in [0.5, 0.6) is 23.0 Å². The summed E-state index contributed by atoms with van der Waals surface area (Å²) < 4.78 is 21.7. The van der Waals surface area contributed by atoms with Crippen LogP contribution in [0, 0.1) is 0 Å². The van der Waals surface area contributed by atoms with Crippen molar-refractivity contribution < 1.29 is 38.7 Å². The predicted molar refractivity (Wildman–Crippen MR) is 114 cm³/mol. The standard InChI is InChI=1S/C21H26N2O8/c1-28-16-8-12(20(24)25)14(22)10-18(16)30-6-4-3-5-7-31-19-11-15(23)13(21(26)27)9-17(19)29-2/h8-11H,3-7,22-23H2,1-2H3,(H,24,25)(H,26,27). The number of rotatable bonds is 12. The first-order valence-corrected chi connectivity index (χ1v) is 9.45. The van der Waals surface area contributed by atoms with Gasteiger partial charge in [-0.25, -0.2) is 9.59 Å². The van der Waals surface area contributed by atoms with Crippen LogP contribution in [0.15, 0.2) is 24.3 Å². The van der Waals surface area contributed by atoms with E-state index in [0.29, 0.717) is 49.1 Å². The molecule has 0 radical (unpaired) electrons. The predicted octanol–water partition coefficient (Wildman–Crippen LogP) is 2.89. The number of nitrogen functional groups attached to an aromatic ring is 2. The van der Waals surface area contributed by atoms with Gasteiger partial charge in [0.25, 0.3) is 0 Å². The van der Waals surface area contributed by atoms with Gasteiger partial charge in [-0.1, -0.05) is 0 Å². The van der Waals surface area contributed by atoms with Gasteiger partial charge in [0.1, 0.15) is 0 Å². The molecule has 0 amide bonds. The number of ether oxygens (including phenoxy) is 4. The van der Waals surface area contributed by atoms with Crippen molar-refractivity contribution in [2.75, 3.05) is 38.9 Å². The van der Waals surface area contributed by atoms with Crippen molar-refractivity contribution in [1.29, 1.82) is 0 Å². The van der Waals surface area contributed by atoms with Crippen LogP contribution in [-0.2, 0) is 0 Å². The van der Waals surface area contributed by atoms with Crippen molar-refractivity contribution in [3.8, 4) is 23.0 Å². The second-order valence-corrected chi connectivity index (χ2v) is 6.55. The molecule has 0 saturated heterocycles. The second kappa shape index (κ2) is 10.8. The minimum Gasteiger partial charge on any atom is -0.493 e. The Labute approximate surface area is 179 Å². The molecular formula is C21H26N2O8. The summed E-state index contributed by atoms with van der Waals surface area (Å²) in [6.45, 7) is 0.761. The fourth-order valence-electron chi connectivity index (χ4n) is 2.81. The lowest BCUT2D eigenvalue weighted by Crippen LogP contribution is -2.07. The van der Waals surface area contributed by atoms with Crippen molar-refractivity contribution in [2.45, 2.75) is 19.3 Å². The van der Waals surface area contributed by atoms with Gasteiger partial charge < -0.3 is 40.6 Å². The van der Waals surface area contributed by atoms with Crippen molar-refractivity contribution in [1.82, 2.24) is 0 Å². The van der Waals surface area contributed by atoms with Crippen molar-refractivity contribution in [2.24, 2.45) is 0 Å². The number of carboxylic acid groups (broad SMARTS) is 2. The number of aromatic carboxylic acids is 2. The molecule has 10 heteroatoms. The molecule has 31 heavy (non-hydrogen) atoms. The van der Waals surface area contributed by atoms with Gasteiger partial charge in [-0.2, -0.15) is 0 Å². The van der Waals surface area contributed by atoms with Crippen molar-refractivity contribution in [3.63, 3.8) is 0 Å². The Morgan fingerprint density at radius 1 is 0.710 bits per heavy atom. The molecule has 0 aliphatic carbocycles. The molecule has 0 aliphatic heterocycles. The fourth-order valence-corrected chi connectivity index (χ4v) is 2.81. The average molecular weight is 434 g/mol. The SMILES string of the molecule is COc1cc(C(=O)O)c(N)cc1OCCCCCOc1cc(N)c(C(=O)O)cc1OC. The van der Waals surface area contributed by atoms with Gasteiger partial charge in [-0.3, -0.25) is 0 Å². The maximum atomic E-state index is 11.1. The minimum absolute atomic E-state index is 0.0474. The number of hydrogen-bond donors (Lipinski definition) is 4. The van der Waals surface area contributed by atoms with Crippen LogP contribution < -0.4 is 30.4 Å². The Balaban J connectivity index is 1.81. The third-order valence-corrected chi connectivity index (χ3v) is 4.44. The number of carboxylic acids is 2. The van der Waals surface area contributed by atoms with Crippen LogP contribution in [0.4, 0.5) is 11.4 Å². The smallest absolute Gasteiger partial charge is 0.337 e. The average Bonchev–Trinajstić information content (AvgIpc) is 2.72. The zero-order valence-corrected chi connectivity index (χ0v) is 17.3. The number of anilines is 2. The summed E-state index contributed by atoms with van der Waals surface area (Å²) in [6, 6.07) is 5.52. The summed E-state index contributed by atoms with van der Waals surface area (Å²) in [7, 11) is 2.84. The molecule has 2 rings (SSSR count). The number of benzene rings is 2. The molecule has 2 aromatic rings. The van der Waals surface area contributed by atoms with E-state index >= 15 is 0 Å². The summed E-state index contributed by atoms with van der Waals surface area (Å²) in [6.07, 6.45) is 2.21. The molecule has 0 heterocycles. The zero-order valence-electron chi connectivity index (χ0n) is 17.3. The van der Waals surface area contributed by atoms with E-state index in [1.165, 1.54) is 38.5 Å². The first-order valence-electron chi connectivity index (χ1n) is 9.45. The molecule has 2 aromatic carbocycles. The topological polar surface area (TPSA) is 164 Å². The molecule has 0 spiro atoms. The molecule has 168 valence electrons. The Bertz CT molecular complexity index is 870. The Morgan fingerprint density at radius 2 is 1.10 bits per heavy atom. The second-order valence-electron chi connectivity index (χ2n) is 6.55. The van der Waals surface area contributed by atoms with E-state index in [4.69, 9.17) is 40.6 Å². The van der Waals surface area contributed by atoms with Gasteiger partial charge in [0, 0.05) is 24.3 Å². The summed E-state index contributed by atoms with van der Waals surface area (Å²) >= 11 is 0. The third-order valence-electron chi connectivity index (χ3n) is 4.44. The molecule has 0 unspecified atom stereocenters. The first kappa shape index (κ1) is 23.5. The van der Waals surface area contributed by atoms with E-state index in [0.717, 1.165) is 6.42 Å². The van der Waals surface area contributed by atoms with Gasteiger partial charge in [-0.05, 0) is 19.3 Å². The van der Waals surface area contributed by atoms with E-state index in [-0.39, 0.29) is 22.5 Å². The van der Waals surface area contributed by atoms with Crippen molar-refractivity contribution in [3.05, 3.63) is 35.4 Å². The van der Waals surface area contributed by atoms with E-state index in [1.54, 1.807) is 0 Å². The van der Waals surface area contributed by atoms with Gasteiger partial charge in [0.2, 0.25) is 0 Å². The maximum absolute atomic E-state index is 11.1. The lowest BCUT2D eigenvalue weighted by atomic mass is 10.1. The number of unbranched alkanes of at least 4 members (excludes halogenated alkanes) is 2. The van der Waals surface area contributed by atoms with Crippen LogP contribution >= 0.6 is 0 Å². The highest BCUT2D eigenvalue weighted by Gasteiger charge is 2.16. The van der Waals surface area contributed by atoms with Crippen LogP contribution in [-0.4, -0.2) is 49.6 Å². The lowest BCUT2D eigenvalue weighted by Gasteiger charge is -2.14. The summed E-state index contributed by atoms with van der Waals surface area (Å²) in [4.78, 5) is 22.3. The van der Waals surface area contributed by atoms with Crippen LogP contribution in [0.2, 0.25) is 0 Å². The zero-order chi connectivity index (χ0) is 23.0. The maximum Gasteiger partial charge on any atom is 0.337 e. The Morgan fingerprint density at radius 3 is 1.42 bits per heavy atom. The number of nitrogens with two attached hydrogens (primary N) is 2. The van der Waals surface area contributed by atoms with Crippen LogP contribution in [0.1, 0.15) is 40.0 Å². The molecule has 10 nitrogen and oxygen atoms in total. The molecule has 6 N–H and O–H groups in total. The van der Waals surface area contributed by atoms with E-state index in [1.807, 2.05) is 0 Å². The molecular weight excluding hydrogens is 408 g/mol. The van der Waals surface area contributed by atoms with E-state index < -0.39 is 11.9 Å². The monoisotopic (exact) mass is 434 g/mol. The summed E-state index contributed by atoms with van der Waals surface area (Å²) in [5.41, 5.74) is 11.6. The lowest BCUT2D eigenvalue weighted by molar-refractivity contribution is 0.0686. The van der Waals surface area contributed by atoms with Gasteiger partial charge in [0.15, 0.2) is 23.0 Å². The number of hydrogen-bond acceptors (Lipinski definition) is 8. The quantitative estimate of drug-likeness (QED) is 0.288. The van der Waals surface area contributed by atoms with E-state index in [9.17, 15) is 9.59 Å². The molecule has 0 atom stereocenters. The highest BCUT2D eigenvalue weighted by atomic mass is 16.5. The van der Waals surface area contributed by atoms with Gasteiger partial charge in [-0.15, -0.1) is 0 Å². The Kier molecular flexibility index (Phi) is 8.18. The molecule has 0 saturated carbocycles. The fraction of sp³-hybridized carbons (Fsp3) is 0.333. The number of carbonyl (C=O) groups is 2. The van der Waals surface area contributed by atoms with Gasteiger partial charge in [0.05, 0.1) is 49.9 Å². The minimum atomic E-state index is -1.14. The molecule has 0 aliphatic rings. The summed E-state index contributed by atoms with van der Waals surface area (Å²) in [5.74, 6) is -0.939. The molecule has 0 aromatic heterocycles. The van der Waals surface area contributed by atoms with Crippen LogP contribution in [0.25, 0.3) is 0 Å². The Hall–Kier alpha value is -3.82. The first-order chi connectivity index (χ1) is 14.8. The van der Waals surface area contributed by atoms with Crippen molar-refractivity contribution >= 4 is 23.3 Å². The highest BCUT2D eigenvalue weighted by molar-refractivity contribution is 5.95. The highest BCUT2D eigenvalue weighted by Crippen LogP contribution is 2.33. The van der Waals surface area contributed by atoms with Crippen LogP contribution in [0.3, 0.4) is 0 Å². The van der Waals surface area contributed by atoms with Gasteiger partial charge >= 0.3 is 11.9 Å². The molecule has 0 bridgehead atoms. The summed E-state index contributed by atoms with van der Waals surface area (Å²) in [5, 5.41) is 18.2. The largest absolute Gasteiger partial charge is 0.493 e. The van der Waals surface area contributed by atoms with E-state index in [2.05, 4.69) is 0 Å². The third kappa shape index (κ3) is 6.08. The normalized spacial score (nSPS) is 10.4.